The number of nitrogens with two attached hydrogens (primary N) is 1. The fourth-order valence-corrected chi connectivity index (χ4v) is 1.96. The van der Waals surface area contributed by atoms with Gasteiger partial charge >= 0.3 is 5.97 Å². The van der Waals surface area contributed by atoms with Crippen LogP contribution in [0.15, 0.2) is 0 Å². The zero-order valence-corrected chi connectivity index (χ0v) is 9.78. The fraction of sp³-hybridized carbons (Fsp3) is 0.889. The van der Waals surface area contributed by atoms with Gasteiger partial charge in [0.15, 0.2) is 0 Å². The van der Waals surface area contributed by atoms with Crippen LogP contribution < -0.4 is 5.50 Å². The molecule has 1 aliphatic rings. The Morgan fingerprint density at radius 1 is 1.47 bits per heavy atom. The topological polar surface area (TPSA) is 89.6 Å². The Morgan fingerprint density at radius 2 is 2.00 bits per heavy atom. The number of hydrogen-bond donors (Lipinski definition) is 2. The van der Waals surface area contributed by atoms with Crippen molar-refractivity contribution in [2.24, 2.45) is 5.50 Å². The average Bonchev–Trinajstić information content (AvgIpc) is 2.16. The highest BCUT2D eigenvalue weighted by Gasteiger charge is 2.32. The van der Waals surface area contributed by atoms with Gasteiger partial charge in [-0.1, -0.05) is 6.42 Å². The van der Waals surface area contributed by atoms with Crippen LogP contribution in [0.4, 0.5) is 0 Å². The Balaban J connectivity index is 2.44. The van der Waals surface area contributed by atoms with Crippen molar-refractivity contribution in [3.8, 4) is 0 Å². The minimum Gasteiger partial charge on any atom is -0.462 e. The molecule has 1 aliphatic carbocycles. The summed E-state index contributed by atoms with van der Waals surface area (Å²) < 4.78 is 16.2. The van der Waals surface area contributed by atoms with E-state index in [4.69, 9.17) is 15.1 Å². The van der Waals surface area contributed by atoms with E-state index in [2.05, 4.69) is 0 Å². The van der Waals surface area contributed by atoms with E-state index in [0.717, 1.165) is 25.7 Å². The maximum Gasteiger partial charge on any atom is 0.320 e. The minimum absolute atomic E-state index is 0.0970. The second kappa shape index (κ2) is 5.10. The number of hydrogen-bond acceptors (Lipinski definition) is 3. The maximum atomic E-state index is 11.4. The number of ether oxygens (including phenoxy) is 1. The van der Waals surface area contributed by atoms with Gasteiger partial charge in [0.1, 0.15) is 11.8 Å². The van der Waals surface area contributed by atoms with E-state index < -0.39 is 19.1 Å². The number of carbonyl (C=O) groups is 1. The molecule has 0 aromatic carbocycles. The van der Waals surface area contributed by atoms with E-state index in [9.17, 15) is 9.36 Å². The van der Waals surface area contributed by atoms with Crippen LogP contribution in [0.3, 0.4) is 0 Å². The average molecular weight is 235 g/mol. The van der Waals surface area contributed by atoms with E-state index >= 15 is 0 Å². The van der Waals surface area contributed by atoms with Crippen LogP contribution in [-0.4, -0.2) is 22.6 Å². The molecule has 0 heterocycles. The molecule has 1 fully saturated rings. The fourth-order valence-electron chi connectivity index (χ4n) is 1.60. The highest BCUT2D eigenvalue weighted by atomic mass is 31.2. The van der Waals surface area contributed by atoms with Gasteiger partial charge in [0.25, 0.3) is 7.52 Å². The first-order valence-electron chi connectivity index (χ1n) is 5.23. The summed E-state index contributed by atoms with van der Waals surface area (Å²) in [5.74, 6) is -0.657. The Labute approximate surface area is 89.5 Å². The smallest absolute Gasteiger partial charge is 0.320 e. The summed E-state index contributed by atoms with van der Waals surface area (Å²) in [7, 11) is -3.86. The Bertz CT molecular complexity index is 269. The molecule has 15 heavy (non-hydrogen) atoms. The van der Waals surface area contributed by atoms with Crippen LogP contribution in [0.5, 0.6) is 0 Å². The Morgan fingerprint density at radius 3 is 2.47 bits per heavy atom. The van der Waals surface area contributed by atoms with Crippen LogP contribution in [-0.2, 0) is 14.1 Å². The number of esters is 1. The van der Waals surface area contributed by atoms with Gasteiger partial charge in [0.2, 0.25) is 0 Å². The molecule has 0 spiro atoms. The van der Waals surface area contributed by atoms with Gasteiger partial charge in [0, 0.05) is 0 Å². The number of carbonyl (C=O) groups excluding carboxylic acids is 1. The van der Waals surface area contributed by atoms with Gasteiger partial charge in [-0.2, -0.15) is 0 Å². The molecule has 6 heteroatoms. The monoisotopic (exact) mass is 235 g/mol. The predicted molar refractivity (Wildman–Crippen MR) is 56.4 cm³/mol. The van der Waals surface area contributed by atoms with Gasteiger partial charge in [0.05, 0.1) is 0 Å². The molecule has 88 valence electrons. The quantitative estimate of drug-likeness (QED) is 0.570. The lowest BCUT2D eigenvalue weighted by Gasteiger charge is -2.23. The highest BCUT2D eigenvalue weighted by Crippen LogP contribution is 2.37. The van der Waals surface area contributed by atoms with E-state index in [1.807, 2.05) is 0 Å². The first kappa shape index (κ1) is 12.7. The molecule has 1 unspecified atom stereocenters. The van der Waals surface area contributed by atoms with Crippen LogP contribution in [0.1, 0.15) is 39.0 Å². The van der Waals surface area contributed by atoms with Gasteiger partial charge < -0.3 is 9.63 Å². The maximum absolute atomic E-state index is 11.4. The van der Waals surface area contributed by atoms with Crippen molar-refractivity contribution < 1.29 is 19.0 Å². The lowest BCUT2D eigenvalue weighted by atomic mass is 9.98. The van der Waals surface area contributed by atoms with Crippen molar-refractivity contribution in [2.75, 3.05) is 0 Å². The third kappa shape index (κ3) is 3.93. The summed E-state index contributed by atoms with van der Waals surface area (Å²) >= 11 is 0. The first-order valence-corrected chi connectivity index (χ1v) is 7.02. The molecular weight excluding hydrogens is 217 g/mol. The van der Waals surface area contributed by atoms with Crippen molar-refractivity contribution in [3.63, 3.8) is 0 Å². The summed E-state index contributed by atoms with van der Waals surface area (Å²) in [6.07, 6.45) is 4.86. The molecule has 0 aromatic rings. The van der Waals surface area contributed by atoms with Crippen LogP contribution >= 0.6 is 7.52 Å². The van der Waals surface area contributed by atoms with E-state index in [1.54, 1.807) is 0 Å². The second-order valence-electron chi connectivity index (χ2n) is 4.05. The van der Waals surface area contributed by atoms with Crippen molar-refractivity contribution in [1.82, 2.24) is 0 Å². The Hall–Kier alpha value is -0.380. The molecule has 1 saturated carbocycles. The molecular formula is C9H18NO4P. The molecule has 2 atom stereocenters. The van der Waals surface area contributed by atoms with Crippen LogP contribution in [0.2, 0.25) is 0 Å². The zero-order chi connectivity index (χ0) is 11.5. The molecule has 3 N–H and O–H groups in total. The van der Waals surface area contributed by atoms with Gasteiger partial charge in [-0.15, -0.1) is 0 Å². The second-order valence-corrected chi connectivity index (χ2v) is 6.16. The van der Waals surface area contributed by atoms with Gasteiger partial charge in [-0.3, -0.25) is 14.9 Å². The van der Waals surface area contributed by atoms with Crippen molar-refractivity contribution in [3.05, 3.63) is 0 Å². The number of rotatable bonds is 3. The first-order chi connectivity index (χ1) is 6.91. The van der Waals surface area contributed by atoms with Crippen LogP contribution in [0, 0.1) is 0 Å². The molecule has 0 aromatic heterocycles. The van der Waals surface area contributed by atoms with Gasteiger partial charge in [-0.05, 0) is 32.6 Å². The molecule has 0 amide bonds. The van der Waals surface area contributed by atoms with Crippen LogP contribution in [0.25, 0.3) is 0 Å². The third-order valence-electron chi connectivity index (χ3n) is 2.73. The van der Waals surface area contributed by atoms with Gasteiger partial charge in [-0.25, -0.2) is 0 Å². The highest BCUT2D eigenvalue weighted by molar-refractivity contribution is 7.57. The molecule has 0 bridgehead atoms. The van der Waals surface area contributed by atoms with Crippen molar-refractivity contribution >= 4 is 13.5 Å². The lowest BCUT2D eigenvalue weighted by molar-refractivity contribution is -0.149. The van der Waals surface area contributed by atoms with Crippen molar-refractivity contribution in [2.45, 2.75) is 50.8 Å². The third-order valence-corrected chi connectivity index (χ3v) is 4.05. The molecule has 1 rings (SSSR count). The van der Waals surface area contributed by atoms with E-state index in [0.29, 0.717) is 0 Å². The summed E-state index contributed by atoms with van der Waals surface area (Å²) in [5.41, 5.74) is 3.87. The molecule has 0 radical (unpaired) electrons. The molecule has 0 saturated heterocycles. The molecule has 5 nitrogen and oxygen atoms in total. The van der Waals surface area contributed by atoms with E-state index in [-0.39, 0.29) is 6.10 Å². The summed E-state index contributed by atoms with van der Waals surface area (Å²) in [4.78, 5) is 20.4. The normalized spacial score (nSPS) is 24.2. The largest absolute Gasteiger partial charge is 0.462 e. The summed E-state index contributed by atoms with van der Waals surface area (Å²) in [6.45, 7) is 1.33. The van der Waals surface area contributed by atoms with E-state index in [1.165, 1.54) is 13.3 Å². The SMILES string of the molecule is C[C@H](C(=O)OC1CCCCC1)P(N)(=O)O. The summed E-state index contributed by atoms with van der Waals surface area (Å²) in [5, 5.41) is 0. The molecule has 0 aliphatic heterocycles. The Kier molecular flexibility index (Phi) is 4.32. The van der Waals surface area contributed by atoms with Crippen molar-refractivity contribution in [1.29, 1.82) is 0 Å². The summed E-state index contributed by atoms with van der Waals surface area (Å²) in [6, 6.07) is 0. The predicted octanol–water partition coefficient (Wildman–Crippen LogP) is 1.39. The standard InChI is InChI=1S/C9H18NO4P/c1-7(15(10,12)13)9(11)14-8-5-3-2-4-6-8/h7-8H,2-6H2,1H3,(H3,10,12,13)/t7-/m1/s1. The zero-order valence-electron chi connectivity index (χ0n) is 8.89. The minimum atomic E-state index is -3.86. The lowest BCUT2D eigenvalue weighted by Crippen LogP contribution is -2.29.